The van der Waals surface area contributed by atoms with E-state index in [0.717, 1.165) is 33.5 Å². The molecular formula is C12H4Br5. The van der Waals surface area contributed by atoms with Crippen LogP contribution in [0.1, 0.15) is 0 Å². The van der Waals surface area contributed by atoms with E-state index in [1.165, 1.54) is 0 Å². The minimum Gasteiger partial charge on any atom is -0.0600 e. The van der Waals surface area contributed by atoms with Gasteiger partial charge in [0.05, 0.1) is 0 Å². The summed E-state index contributed by atoms with van der Waals surface area (Å²) in [5.74, 6) is 0. The second kappa shape index (κ2) is 5.87. The quantitative estimate of drug-likeness (QED) is 0.339. The zero-order valence-electron chi connectivity index (χ0n) is 8.20. The average molecular weight is 548 g/mol. The van der Waals surface area contributed by atoms with E-state index in [0.29, 0.717) is 0 Å². The van der Waals surface area contributed by atoms with E-state index < -0.39 is 0 Å². The summed E-state index contributed by atoms with van der Waals surface area (Å²) in [6.07, 6.45) is 0. The molecule has 0 aliphatic heterocycles. The van der Waals surface area contributed by atoms with Crippen LogP contribution in [-0.2, 0) is 0 Å². The number of halogens is 5. The fraction of sp³-hybridized carbons (Fsp3) is 0. The number of hydrogen-bond donors (Lipinski definition) is 0. The second-order valence-corrected chi connectivity index (χ2v) is 7.39. The molecular weight excluding hydrogens is 544 g/mol. The molecule has 0 unspecified atom stereocenters. The Morgan fingerprint density at radius 1 is 0.765 bits per heavy atom. The van der Waals surface area contributed by atoms with E-state index in [9.17, 15) is 0 Å². The Bertz CT molecular complexity index is 557. The highest BCUT2D eigenvalue weighted by atomic mass is 79.9. The van der Waals surface area contributed by atoms with E-state index in [2.05, 4.69) is 85.7 Å². The van der Waals surface area contributed by atoms with Gasteiger partial charge in [-0.2, -0.15) is 0 Å². The van der Waals surface area contributed by atoms with Crippen molar-refractivity contribution in [1.29, 1.82) is 0 Å². The molecule has 0 amide bonds. The summed E-state index contributed by atoms with van der Waals surface area (Å²) in [6.45, 7) is 0. The van der Waals surface area contributed by atoms with E-state index in [1.54, 1.807) is 0 Å². The van der Waals surface area contributed by atoms with Crippen LogP contribution in [0.3, 0.4) is 0 Å². The van der Waals surface area contributed by atoms with Gasteiger partial charge >= 0.3 is 0 Å². The van der Waals surface area contributed by atoms with Gasteiger partial charge in [-0.3, -0.25) is 0 Å². The molecule has 0 saturated heterocycles. The monoisotopic (exact) mass is 543 g/mol. The van der Waals surface area contributed by atoms with Crippen molar-refractivity contribution in [3.63, 3.8) is 0 Å². The molecule has 17 heavy (non-hydrogen) atoms. The molecule has 87 valence electrons. The molecule has 2 aromatic carbocycles. The zero-order valence-corrected chi connectivity index (χ0v) is 16.1. The highest BCUT2D eigenvalue weighted by Gasteiger charge is 2.16. The fourth-order valence-corrected chi connectivity index (χ4v) is 4.45. The smallest absolute Gasteiger partial charge is 0.0414 e. The third-order valence-corrected chi connectivity index (χ3v) is 6.09. The van der Waals surface area contributed by atoms with Crippen LogP contribution < -0.4 is 0 Å². The summed E-state index contributed by atoms with van der Waals surface area (Å²) in [5, 5.41) is 0. The van der Waals surface area contributed by atoms with Gasteiger partial charge in [0.2, 0.25) is 0 Å². The first-order valence-electron chi connectivity index (χ1n) is 4.52. The Morgan fingerprint density at radius 2 is 1.35 bits per heavy atom. The third-order valence-electron chi connectivity index (χ3n) is 2.19. The summed E-state index contributed by atoms with van der Waals surface area (Å²) in [4.78, 5) is 0. The minimum absolute atomic E-state index is 0.901. The Kier molecular flexibility index (Phi) is 4.92. The van der Waals surface area contributed by atoms with E-state index in [-0.39, 0.29) is 0 Å². The van der Waals surface area contributed by atoms with Gasteiger partial charge in [-0.15, -0.1) is 0 Å². The maximum Gasteiger partial charge on any atom is 0.0414 e. The summed E-state index contributed by atoms with van der Waals surface area (Å²) in [7, 11) is 0. The summed E-state index contributed by atoms with van der Waals surface area (Å²) >= 11 is 17.8. The van der Waals surface area contributed by atoms with Crippen molar-refractivity contribution in [2.24, 2.45) is 0 Å². The van der Waals surface area contributed by atoms with Crippen LogP contribution in [0, 0.1) is 6.07 Å². The van der Waals surface area contributed by atoms with Crippen molar-refractivity contribution in [3.8, 4) is 11.1 Å². The van der Waals surface area contributed by atoms with Gasteiger partial charge in [-0.25, -0.2) is 0 Å². The lowest BCUT2D eigenvalue weighted by atomic mass is 10.1. The van der Waals surface area contributed by atoms with Gasteiger partial charge in [0.15, 0.2) is 0 Å². The maximum atomic E-state index is 3.59. The molecule has 2 aromatic rings. The second-order valence-electron chi connectivity index (χ2n) is 3.24. The Hall–Kier alpha value is 0.840. The predicted molar refractivity (Wildman–Crippen MR) is 89.2 cm³/mol. The number of hydrogen-bond acceptors (Lipinski definition) is 0. The van der Waals surface area contributed by atoms with Crippen molar-refractivity contribution in [2.75, 3.05) is 0 Å². The van der Waals surface area contributed by atoms with Crippen LogP contribution in [0.5, 0.6) is 0 Å². The molecule has 0 N–H and O–H groups in total. The van der Waals surface area contributed by atoms with Gasteiger partial charge in [-0.1, -0.05) is 53.9 Å². The fourth-order valence-electron chi connectivity index (χ4n) is 1.44. The summed E-state index contributed by atoms with van der Waals surface area (Å²) < 4.78 is 4.93. The molecule has 5 heteroatoms. The van der Waals surface area contributed by atoms with Crippen LogP contribution in [-0.4, -0.2) is 0 Å². The molecule has 1 radical (unpaired) electrons. The Balaban J connectivity index is 2.82. The molecule has 0 spiro atoms. The number of rotatable bonds is 1. The van der Waals surface area contributed by atoms with Gasteiger partial charge < -0.3 is 0 Å². The normalized spacial score (nSPS) is 10.6. The first-order valence-corrected chi connectivity index (χ1v) is 8.48. The lowest BCUT2D eigenvalue weighted by molar-refractivity contribution is 1.47. The lowest BCUT2D eigenvalue weighted by Gasteiger charge is -2.12. The molecule has 2 rings (SSSR count). The van der Waals surface area contributed by atoms with Gasteiger partial charge in [0, 0.05) is 33.5 Å². The largest absolute Gasteiger partial charge is 0.0600 e. The highest BCUT2D eigenvalue weighted by molar-refractivity contribution is 9.13. The topological polar surface area (TPSA) is 0 Å². The summed E-state index contributed by atoms with van der Waals surface area (Å²) in [5.41, 5.74) is 2.18. The molecule has 0 fully saturated rings. The standard InChI is InChI=1S/C12H4Br5/c13-6-2-1-3-7(14)10(6)11-8(15)4-5-9(16)12(11)17/h1-4H. The number of benzene rings is 2. The van der Waals surface area contributed by atoms with Crippen molar-refractivity contribution >= 4 is 79.6 Å². The molecule has 0 aliphatic carbocycles. The van der Waals surface area contributed by atoms with Gasteiger partial charge in [0.25, 0.3) is 0 Å². The van der Waals surface area contributed by atoms with Crippen LogP contribution in [0.15, 0.2) is 46.6 Å². The molecule has 0 aromatic heterocycles. The molecule has 0 bridgehead atoms. The van der Waals surface area contributed by atoms with E-state index >= 15 is 0 Å². The van der Waals surface area contributed by atoms with Crippen molar-refractivity contribution < 1.29 is 0 Å². The third kappa shape index (κ3) is 2.89. The van der Waals surface area contributed by atoms with E-state index in [1.807, 2.05) is 24.3 Å². The van der Waals surface area contributed by atoms with Crippen molar-refractivity contribution in [1.82, 2.24) is 0 Å². The van der Waals surface area contributed by atoms with Crippen molar-refractivity contribution in [3.05, 3.63) is 52.7 Å². The average Bonchev–Trinajstić information content (AvgIpc) is 2.28. The van der Waals surface area contributed by atoms with Crippen LogP contribution in [0.4, 0.5) is 0 Å². The Labute approximate surface area is 142 Å². The summed E-state index contributed by atoms with van der Waals surface area (Å²) in [6, 6.07) is 11.0. The SMILES string of the molecule is Brc1[c]cc(Br)c(-c2c(Br)cccc2Br)c1Br. The van der Waals surface area contributed by atoms with Crippen LogP contribution >= 0.6 is 79.6 Å². The predicted octanol–water partition coefficient (Wildman–Crippen LogP) is 6.97. The molecule has 0 heterocycles. The first-order chi connectivity index (χ1) is 8.02. The molecule has 0 aliphatic rings. The lowest BCUT2D eigenvalue weighted by Crippen LogP contribution is -1.87. The first kappa shape index (κ1) is 14.3. The minimum atomic E-state index is 0.901. The highest BCUT2D eigenvalue weighted by Crippen LogP contribution is 2.44. The maximum absolute atomic E-state index is 3.59. The van der Waals surface area contributed by atoms with Crippen molar-refractivity contribution in [2.45, 2.75) is 0 Å². The molecule has 0 nitrogen and oxygen atoms in total. The van der Waals surface area contributed by atoms with Crippen LogP contribution in [0.2, 0.25) is 0 Å². The zero-order chi connectivity index (χ0) is 12.6. The Morgan fingerprint density at radius 3 is 1.94 bits per heavy atom. The van der Waals surface area contributed by atoms with Gasteiger partial charge in [0.1, 0.15) is 0 Å². The van der Waals surface area contributed by atoms with Crippen LogP contribution in [0.25, 0.3) is 11.1 Å². The van der Waals surface area contributed by atoms with Gasteiger partial charge in [-0.05, 0) is 56.1 Å². The molecule has 0 atom stereocenters. The molecule has 0 saturated carbocycles. The van der Waals surface area contributed by atoms with E-state index in [4.69, 9.17) is 0 Å².